The second-order valence-electron chi connectivity index (χ2n) is 5.84. The van der Waals surface area contributed by atoms with Crippen molar-refractivity contribution < 1.29 is 9.59 Å². The highest BCUT2D eigenvalue weighted by Gasteiger charge is 2.26. The van der Waals surface area contributed by atoms with E-state index in [1.165, 1.54) is 0 Å². The number of nitrogens with two attached hydrogens (primary N) is 1. The van der Waals surface area contributed by atoms with Gasteiger partial charge in [-0.1, -0.05) is 19.8 Å². The molecular formula is C15H29N3O2. The van der Waals surface area contributed by atoms with Crippen molar-refractivity contribution in [1.82, 2.24) is 10.6 Å². The summed E-state index contributed by atoms with van der Waals surface area (Å²) in [4.78, 5) is 23.0. The monoisotopic (exact) mass is 283 g/mol. The van der Waals surface area contributed by atoms with Crippen LogP contribution < -0.4 is 16.4 Å². The molecule has 0 aliphatic heterocycles. The maximum atomic E-state index is 11.9. The van der Waals surface area contributed by atoms with E-state index < -0.39 is 0 Å². The molecule has 1 fully saturated rings. The molecule has 116 valence electrons. The minimum Gasteiger partial charge on any atom is -0.369 e. The number of carbonyl (C=O) groups is 2. The van der Waals surface area contributed by atoms with Gasteiger partial charge < -0.3 is 16.4 Å². The van der Waals surface area contributed by atoms with Crippen LogP contribution >= 0.6 is 0 Å². The molecule has 0 aromatic carbocycles. The first-order chi connectivity index (χ1) is 9.54. The molecule has 2 amide bonds. The van der Waals surface area contributed by atoms with Gasteiger partial charge in [0, 0.05) is 18.5 Å². The summed E-state index contributed by atoms with van der Waals surface area (Å²) in [6, 6.07) is 0.147. The van der Waals surface area contributed by atoms with Gasteiger partial charge in [-0.15, -0.1) is 0 Å². The van der Waals surface area contributed by atoms with E-state index in [9.17, 15) is 9.59 Å². The highest BCUT2D eigenvalue weighted by Crippen LogP contribution is 2.24. The Morgan fingerprint density at radius 1 is 1.20 bits per heavy atom. The Kier molecular flexibility index (Phi) is 7.59. The van der Waals surface area contributed by atoms with Gasteiger partial charge in [0.1, 0.15) is 0 Å². The molecule has 1 rings (SSSR count). The van der Waals surface area contributed by atoms with Gasteiger partial charge in [-0.05, 0) is 39.0 Å². The third kappa shape index (κ3) is 5.90. The van der Waals surface area contributed by atoms with Gasteiger partial charge in [0.25, 0.3) is 0 Å². The standard InChI is InChI=1S/C15H29N3O2/c1-3-4-5-10-17-15(20)11(2)18-13-8-6-12(7-9-13)14(16)19/h11-13,18H,3-10H2,1-2H3,(H2,16,19)(H,17,20). The fraction of sp³-hybridized carbons (Fsp3) is 0.867. The summed E-state index contributed by atoms with van der Waals surface area (Å²) >= 11 is 0. The Morgan fingerprint density at radius 3 is 2.40 bits per heavy atom. The molecule has 4 N–H and O–H groups in total. The Bertz CT molecular complexity index is 312. The number of rotatable bonds is 8. The predicted molar refractivity (Wildman–Crippen MR) is 80.1 cm³/mol. The lowest BCUT2D eigenvalue weighted by molar-refractivity contribution is -0.124. The number of unbranched alkanes of at least 4 members (excludes halogenated alkanes) is 2. The molecule has 0 heterocycles. The molecule has 0 bridgehead atoms. The minimum atomic E-state index is -0.190. The SMILES string of the molecule is CCCCCNC(=O)C(C)NC1CCC(C(N)=O)CC1. The third-order valence-electron chi connectivity index (χ3n) is 4.09. The van der Waals surface area contributed by atoms with Crippen molar-refractivity contribution in [2.24, 2.45) is 11.7 Å². The van der Waals surface area contributed by atoms with Crippen molar-refractivity contribution in [3.8, 4) is 0 Å². The van der Waals surface area contributed by atoms with Crippen LogP contribution in [0.2, 0.25) is 0 Å². The highest BCUT2D eigenvalue weighted by atomic mass is 16.2. The van der Waals surface area contributed by atoms with Crippen molar-refractivity contribution in [3.63, 3.8) is 0 Å². The molecule has 1 aliphatic rings. The van der Waals surface area contributed by atoms with E-state index in [0.29, 0.717) is 6.04 Å². The first kappa shape index (κ1) is 17.0. The van der Waals surface area contributed by atoms with Crippen LogP contribution in [0.25, 0.3) is 0 Å². The minimum absolute atomic E-state index is 0.0197. The van der Waals surface area contributed by atoms with E-state index in [4.69, 9.17) is 5.73 Å². The molecule has 0 aromatic rings. The van der Waals surface area contributed by atoms with Crippen LogP contribution in [-0.4, -0.2) is 30.4 Å². The van der Waals surface area contributed by atoms with Gasteiger partial charge in [0.15, 0.2) is 0 Å². The van der Waals surface area contributed by atoms with Crippen molar-refractivity contribution >= 4 is 11.8 Å². The van der Waals surface area contributed by atoms with E-state index in [1.807, 2.05) is 6.92 Å². The van der Waals surface area contributed by atoms with Gasteiger partial charge in [0.2, 0.25) is 11.8 Å². The second-order valence-corrected chi connectivity index (χ2v) is 5.84. The Balaban J connectivity index is 2.20. The Hall–Kier alpha value is -1.10. The molecule has 1 atom stereocenters. The van der Waals surface area contributed by atoms with Crippen molar-refractivity contribution in [2.45, 2.75) is 70.9 Å². The summed E-state index contributed by atoms with van der Waals surface area (Å²) in [6.45, 7) is 4.80. The van der Waals surface area contributed by atoms with Crippen LogP contribution in [0.15, 0.2) is 0 Å². The van der Waals surface area contributed by atoms with E-state index in [-0.39, 0.29) is 23.8 Å². The largest absolute Gasteiger partial charge is 0.369 e. The summed E-state index contributed by atoms with van der Waals surface area (Å²) in [5, 5.41) is 6.31. The maximum absolute atomic E-state index is 11.9. The average molecular weight is 283 g/mol. The number of nitrogens with one attached hydrogen (secondary N) is 2. The quantitative estimate of drug-likeness (QED) is 0.587. The molecule has 1 unspecified atom stereocenters. The van der Waals surface area contributed by atoms with Crippen LogP contribution in [-0.2, 0) is 9.59 Å². The van der Waals surface area contributed by atoms with Gasteiger partial charge in [0.05, 0.1) is 6.04 Å². The molecule has 5 nitrogen and oxygen atoms in total. The molecule has 0 aromatic heterocycles. The molecule has 20 heavy (non-hydrogen) atoms. The summed E-state index contributed by atoms with van der Waals surface area (Å²) in [7, 11) is 0. The summed E-state index contributed by atoms with van der Waals surface area (Å²) in [5.41, 5.74) is 5.32. The van der Waals surface area contributed by atoms with Crippen LogP contribution in [0.4, 0.5) is 0 Å². The average Bonchev–Trinajstić information content (AvgIpc) is 2.44. The van der Waals surface area contributed by atoms with E-state index in [1.54, 1.807) is 0 Å². The normalized spacial score (nSPS) is 24.1. The van der Waals surface area contributed by atoms with Crippen LogP contribution in [0, 0.1) is 5.92 Å². The zero-order chi connectivity index (χ0) is 15.0. The van der Waals surface area contributed by atoms with Crippen molar-refractivity contribution in [3.05, 3.63) is 0 Å². The van der Waals surface area contributed by atoms with Crippen LogP contribution in [0.5, 0.6) is 0 Å². The topological polar surface area (TPSA) is 84.2 Å². The maximum Gasteiger partial charge on any atom is 0.236 e. The summed E-state index contributed by atoms with van der Waals surface area (Å²) < 4.78 is 0. The molecule has 0 radical (unpaired) electrons. The lowest BCUT2D eigenvalue weighted by atomic mass is 9.85. The smallest absolute Gasteiger partial charge is 0.236 e. The number of primary amides is 1. The van der Waals surface area contributed by atoms with Gasteiger partial charge >= 0.3 is 0 Å². The first-order valence-electron chi connectivity index (χ1n) is 7.87. The fourth-order valence-corrected chi connectivity index (χ4v) is 2.71. The summed E-state index contributed by atoms with van der Waals surface area (Å²) in [6.07, 6.45) is 6.85. The molecule has 5 heteroatoms. The van der Waals surface area contributed by atoms with E-state index in [2.05, 4.69) is 17.6 Å². The zero-order valence-corrected chi connectivity index (χ0v) is 12.8. The fourth-order valence-electron chi connectivity index (χ4n) is 2.71. The van der Waals surface area contributed by atoms with Crippen molar-refractivity contribution in [2.75, 3.05) is 6.54 Å². The van der Waals surface area contributed by atoms with E-state index >= 15 is 0 Å². The number of hydrogen-bond donors (Lipinski definition) is 3. The van der Waals surface area contributed by atoms with Crippen LogP contribution in [0.3, 0.4) is 0 Å². The van der Waals surface area contributed by atoms with E-state index in [0.717, 1.165) is 51.5 Å². The number of amides is 2. The molecule has 1 aliphatic carbocycles. The molecule has 1 saturated carbocycles. The summed E-state index contributed by atoms with van der Waals surface area (Å²) in [5.74, 6) is -0.102. The van der Waals surface area contributed by atoms with Gasteiger partial charge in [-0.2, -0.15) is 0 Å². The number of carbonyl (C=O) groups excluding carboxylic acids is 2. The van der Waals surface area contributed by atoms with Crippen molar-refractivity contribution in [1.29, 1.82) is 0 Å². The first-order valence-corrected chi connectivity index (χ1v) is 7.87. The number of hydrogen-bond acceptors (Lipinski definition) is 3. The predicted octanol–water partition coefficient (Wildman–Crippen LogP) is 1.32. The lowest BCUT2D eigenvalue weighted by Crippen LogP contribution is -2.48. The Labute approximate surface area is 122 Å². The lowest BCUT2D eigenvalue weighted by Gasteiger charge is -2.29. The zero-order valence-electron chi connectivity index (χ0n) is 12.8. The van der Waals surface area contributed by atoms with Gasteiger partial charge in [-0.25, -0.2) is 0 Å². The molecular weight excluding hydrogens is 254 g/mol. The Morgan fingerprint density at radius 2 is 1.85 bits per heavy atom. The second kappa shape index (κ2) is 8.95. The molecule has 0 spiro atoms. The van der Waals surface area contributed by atoms with Crippen LogP contribution in [0.1, 0.15) is 58.8 Å². The highest BCUT2D eigenvalue weighted by molar-refractivity contribution is 5.81. The molecule has 0 saturated heterocycles. The third-order valence-corrected chi connectivity index (χ3v) is 4.09. The van der Waals surface area contributed by atoms with Gasteiger partial charge in [-0.3, -0.25) is 9.59 Å².